The molecule has 0 saturated heterocycles. The van der Waals surface area contributed by atoms with Crippen molar-refractivity contribution in [1.29, 1.82) is 0 Å². The van der Waals surface area contributed by atoms with E-state index < -0.39 is 6.03 Å². The Labute approximate surface area is 108 Å². The molecule has 0 aliphatic carbocycles. The molecule has 18 heavy (non-hydrogen) atoms. The number of nitrogens with two attached hydrogens (primary N) is 1. The molecule has 0 bridgehead atoms. The summed E-state index contributed by atoms with van der Waals surface area (Å²) < 4.78 is 0. The lowest BCUT2D eigenvalue weighted by molar-refractivity contribution is -0.0866. The molecule has 0 aliphatic rings. The number of primary amides is 1. The lowest BCUT2D eigenvalue weighted by atomic mass is 10.1. The van der Waals surface area contributed by atoms with Gasteiger partial charge in [0.05, 0.1) is 11.6 Å². The average molecular weight is 251 g/mol. The number of benzene rings is 1. The maximum Gasteiger partial charge on any atom is 0.316 e. The predicted molar refractivity (Wildman–Crippen MR) is 72.0 cm³/mol. The van der Waals surface area contributed by atoms with E-state index in [1.54, 1.807) is 12.1 Å². The highest BCUT2D eigenvalue weighted by molar-refractivity contribution is 5.87. The highest BCUT2D eigenvalue weighted by Gasteiger charge is 2.13. The number of nitrogens with one attached hydrogen (secondary N) is 2. The highest BCUT2D eigenvalue weighted by atomic mass is 16.7. The van der Waals surface area contributed by atoms with E-state index in [1.165, 1.54) is 0 Å². The maximum absolute atomic E-state index is 10.7. The van der Waals surface area contributed by atoms with E-state index in [-0.39, 0.29) is 11.6 Å². The van der Waals surface area contributed by atoms with Crippen molar-refractivity contribution in [1.82, 2.24) is 5.48 Å². The number of hydrogen-bond donors (Lipinski definition) is 3. The minimum Gasteiger partial charge on any atom is -0.351 e. The summed E-state index contributed by atoms with van der Waals surface area (Å²) in [5.74, 6) is 0. The molecule has 5 nitrogen and oxygen atoms in total. The smallest absolute Gasteiger partial charge is 0.316 e. The fourth-order valence-electron chi connectivity index (χ4n) is 1.33. The summed E-state index contributed by atoms with van der Waals surface area (Å²) in [6, 6.07) is 6.92. The molecule has 2 amide bonds. The van der Waals surface area contributed by atoms with E-state index >= 15 is 0 Å². The third-order valence-corrected chi connectivity index (χ3v) is 2.22. The second-order valence-corrected chi connectivity index (χ2v) is 5.17. The highest BCUT2D eigenvalue weighted by Crippen LogP contribution is 2.17. The molecule has 4 N–H and O–H groups in total. The van der Waals surface area contributed by atoms with Crippen LogP contribution in [-0.2, 0) is 4.84 Å². The standard InChI is InChI=1S/C13H21N3O2/c1-9(16-18-13(2,3)4)10-5-7-11(8-6-10)15-12(14)17/h5-9,16H,1-4H3,(H3,14,15,17). The van der Waals surface area contributed by atoms with Gasteiger partial charge in [0.1, 0.15) is 0 Å². The minimum absolute atomic E-state index is 0.0619. The molecule has 0 heterocycles. The first-order chi connectivity index (χ1) is 8.28. The van der Waals surface area contributed by atoms with Gasteiger partial charge >= 0.3 is 6.03 Å². The van der Waals surface area contributed by atoms with Gasteiger partial charge in [0.15, 0.2) is 0 Å². The van der Waals surface area contributed by atoms with Crippen LogP contribution in [0.4, 0.5) is 10.5 Å². The molecule has 100 valence electrons. The van der Waals surface area contributed by atoms with Crippen LogP contribution in [0.1, 0.15) is 39.3 Å². The van der Waals surface area contributed by atoms with Gasteiger partial charge in [0.25, 0.3) is 0 Å². The molecule has 5 heteroatoms. The Morgan fingerprint density at radius 3 is 2.28 bits per heavy atom. The van der Waals surface area contributed by atoms with Gasteiger partial charge in [-0.2, -0.15) is 5.48 Å². The third-order valence-electron chi connectivity index (χ3n) is 2.22. The summed E-state index contributed by atoms with van der Waals surface area (Å²) in [6.45, 7) is 7.94. The molecule has 0 radical (unpaired) electrons. The van der Waals surface area contributed by atoms with E-state index in [9.17, 15) is 4.79 Å². The van der Waals surface area contributed by atoms with E-state index in [2.05, 4.69) is 10.8 Å². The van der Waals surface area contributed by atoms with Crippen LogP contribution >= 0.6 is 0 Å². The van der Waals surface area contributed by atoms with Crippen molar-refractivity contribution in [2.75, 3.05) is 5.32 Å². The number of urea groups is 1. The summed E-state index contributed by atoms with van der Waals surface area (Å²) in [6.07, 6.45) is 0. The molecule has 1 atom stereocenters. The Morgan fingerprint density at radius 1 is 1.28 bits per heavy atom. The number of hydrogen-bond acceptors (Lipinski definition) is 3. The van der Waals surface area contributed by atoms with Gasteiger partial charge < -0.3 is 11.1 Å². The van der Waals surface area contributed by atoms with Crippen LogP contribution in [0.5, 0.6) is 0 Å². The zero-order valence-corrected chi connectivity index (χ0v) is 11.3. The Hall–Kier alpha value is -1.59. The van der Waals surface area contributed by atoms with Crippen LogP contribution in [0.15, 0.2) is 24.3 Å². The number of anilines is 1. The van der Waals surface area contributed by atoms with Gasteiger partial charge in [0.2, 0.25) is 0 Å². The van der Waals surface area contributed by atoms with E-state index in [0.717, 1.165) is 5.56 Å². The fraction of sp³-hybridized carbons (Fsp3) is 0.462. The molecule has 0 saturated carbocycles. The zero-order chi connectivity index (χ0) is 13.8. The molecule has 0 aliphatic heterocycles. The number of carbonyl (C=O) groups excluding carboxylic acids is 1. The van der Waals surface area contributed by atoms with Gasteiger partial charge in [-0.25, -0.2) is 4.79 Å². The second kappa shape index (κ2) is 5.84. The van der Waals surface area contributed by atoms with Crippen molar-refractivity contribution in [2.24, 2.45) is 5.73 Å². The fourth-order valence-corrected chi connectivity index (χ4v) is 1.33. The zero-order valence-electron chi connectivity index (χ0n) is 11.3. The van der Waals surface area contributed by atoms with Gasteiger partial charge in [-0.3, -0.25) is 4.84 Å². The summed E-state index contributed by atoms with van der Waals surface area (Å²) in [5.41, 5.74) is 9.53. The van der Waals surface area contributed by atoms with Crippen molar-refractivity contribution >= 4 is 11.7 Å². The molecular formula is C13H21N3O2. The van der Waals surface area contributed by atoms with Crippen LogP contribution in [-0.4, -0.2) is 11.6 Å². The Bertz CT molecular complexity index is 396. The summed E-state index contributed by atoms with van der Waals surface area (Å²) in [4.78, 5) is 16.2. The van der Waals surface area contributed by atoms with Crippen molar-refractivity contribution in [3.8, 4) is 0 Å². The van der Waals surface area contributed by atoms with E-state index in [4.69, 9.17) is 10.6 Å². The number of hydroxylamine groups is 1. The van der Waals surface area contributed by atoms with Gasteiger partial charge in [0, 0.05) is 5.69 Å². The quantitative estimate of drug-likeness (QED) is 0.720. The van der Waals surface area contributed by atoms with Crippen LogP contribution in [0.25, 0.3) is 0 Å². The van der Waals surface area contributed by atoms with Gasteiger partial charge in [-0.1, -0.05) is 12.1 Å². The van der Waals surface area contributed by atoms with Gasteiger partial charge in [-0.15, -0.1) is 0 Å². The first-order valence-corrected chi connectivity index (χ1v) is 5.88. The van der Waals surface area contributed by atoms with E-state index in [0.29, 0.717) is 5.69 Å². The van der Waals surface area contributed by atoms with Crippen LogP contribution in [0, 0.1) is 0 Å². The SMILES string of the molecule is CC(NOC(C)(C)C)c1ccc(NC(N)=O)cc1. The normalized spacial score (nSPS) is 13.1. The molecule has 1 rings (SSSR count). The van der Waals surface area contributed by atoms with Crippen molar-refractivity contribution < 1.29 is 9.63 Å². The van der Waals surface area contributed by atoms with Crippen LogP contribution in [0.3, 0.4) is 0 Å². The predicted octanol–water partition coefficient (Wildman–Crippen LogP) is 2.56. The molecule has 1 aromatic rings. The van der Waals surface area contributed by atoms with Gasteiger partial charge in [-0.05, 0) is 45.4 Å². The van der Waals surface area contributed by atoms with Crippen molar-refractivity contribution in [3.05, 3.63) is 29.8 Å². The van der Waals surface area contributed by atoms with Crippen molar-refractivity contribution in [2.45, 2.75) is 39.3 Å². The molecule has 1 unspecified atom stereocenters. The molecule has 1 aromatic carbocycles. The number of carbonyl (C=O) groups is 1. The topological polar surface area (TPSA) is 76.4 Å². The first-order valence-electron chi connectivity index (χ1n) is 5.88. The summed E-state index contributed by atoms with van der Waals surface area (Å²) in [7, 11) is 0. The molecule has 0 spiro atoms. The average Bonchev–Trinajstić information content (AvgIpc) is 2.25. The summed E-state index contributed by atoms with van der Waals surface area (Å²) >= 11 is 0. The minimum atomic E-state index is -0.565. The Balaban J connectivity index is 2.59. The number of amides is 2. The van der Waals surface area contributed by atoms with E-state index in [1.807, 2.05) is 39.8 Å². The molecule has 0 fully saturated rings. The van der Waals surface area contributed by atoms with Crippen LogP contribution in [0.2, 0.25) is 0 Å². The monoisotopic (exact) mass is 251 g/mol. The first kappa shape index (κ1) is 14.5. The van der Waals surface area contributed by atoms with Crippen molar-refractivity contribution in [3.63, 3.8) is 0 Å². The second-order valence-electron chi connectivity index (χ2n) is 5.17. The molecular weight excluding hydrogens is 230 g/mol. The lowest BCUT2D eigenvalue weighted by Gasteiger charge is -2.23. The largest absolute Gasteiger partial charge is 0.351 e. The Kier molecular flexibility index (Phi) is 4.69. The van der Waals surface area contributed by atoms with Crippen LogP contribution < -0.4 is 16.5 Å². The molecule has 0 aromatic heterocycles. The third kappa shape index (κ3) is 5.16. The summed E-state index contributed by atoms with van der Waals surface area (Å²) in [5, 5.41) is 2.51. The maximum atomic E-state index is 10.7. The lowest BCUT2D eigenvalue weighted by Crippen LogP contribution is -2.31. The number of rotatable bonds is 4. The Morgan fingerprint density at radius 2 is 1.83 bits per heavy atom.